The van der Waals surface area contributed by atoms with Gasteiger partial charge in [0.1, 0.15) is 0 Å². The summed E-state index contributed by atoms with van der Waals surface area (Å²) in [4.78, 5) is 7.01. The molecule has 1 aromatic rings. The van der Waals surface area contributed by atoms with Crippen LogP contribution in [0.25, 0.3) is 0 Å². The summed E-state index contributed by atoms with van der Waals surface area (Å²) < 4.78 is 5.86. The first-order chi connectivity index (χ1) is 9.88. The van der Waals surface area contributed by atoms with E-state index in [0.717, 1.165) is 43.7 Å². The maximum Gasteiger partial charge on any atom is 0.171 e. The molecule has 1 atom stereocenters. The molecular formula is C16H25N3O. The highest BCUT2D eigenvalue weighted by atomic mass is 16.5. The molecular weight excluding hydrogens is 250 g/mol. The molecule has 4 heteroatoms. The Kier molecular flexibility index (Phi) is 4.41. The first-order valence-corrected chi connectivity index (χ1v) is 7.96. The van der Waals surface area contributed by atoms with E-state index in [0.29, 0.717) is 6.04 Å². The lowest BCUT2D eigenvalue weighted by atomic mass is 10.2. The molecule has 0 bridgehead atoms. The van der Waals surface area contributed by atoms with Crippen LogP contribution in [0.1, 0.15) is 39.0 Å². The number of hydrogen-bond donors (Lipinski definition) is 1. The highest BCUT2D eigenvalue weighted by Crippen LogP contribution is 2.31. The van der Waals surface area contributed by atoms with Crippen molar-refractivity contribution < 1.29 is 4.74 Å². The SMILES string of the molecule is CCCOc1cccnc1N1CCCC1CNC1CC1. The molecule has 2 fully saturated rings. The van der Waals surface area contributed by atoms with Crippen molar-refractivity contribution >= 4 is 5.82 Å². The van der Waals surface area contributed by atoms with Gasteiger partial charge in [0.15, 0.2) is 11.6 Å². The van der Waals surface area contributed by atoms with Crippen LogP contribution in [0.5, 0.6) is 5.75 Å². The van der Waals surface area contributed by atoms with Gasteiger partial charge in [-0.05, 0) is 44.2 Å². The molecule has 1 N–H and O–H groups in total. The fraction of sp³-hybridized carbons (Fsp3) is 0.688. The Morgan fingerprint density at radius 1 is 1.40 bits per heavy atom. The Hall–Kier alpha value is -1.29. The predicted octanol–water partition coefficient (Wildman–Crippen LogP) is 2.59. The van der Waals surface area contributed by atoms with Gasteiger partial charge in [-0.1, -0.05) is 6.92 Å². The smallest absolute Gasteiger partial charge is 0.171 e. The summed E-state index contributed by atoms with van der Waals surface area (Å²) >= 11 is 0. The minimum atomic E-state index is 0.564. The molecule has 2 heterocycles. The Bertz CT molecular complexity index is 433. The Balaban J connectivity index is 1.69. The van der Waals surface area contributed by atoms with Gasteiger partial charge in [0.25, 0.3) is 0 Å². The van der Waals surface area contributed by atoms with Gasteiger partial charge in [0, 0.05) is 31.4 Å². The quantitative estimate of drug-likeness (QED) is 0.830. The molecule has 0 radical (unpaired) electrons. The molecule has 110 valence electrons. The normalized spacial score (nSPS) is 22.2. The van der Waals surface area contributed by atoms with Gasteiger partial charge in [-0.25, -0.2) is 4.98 Å². The van der Waals surface area contributed by atoms with Crippen molar-refractivity contribution in [2.24, 2.45) is 0 Å². The number of anilines is 1. The molecule has 3 rings (SSSR count). The number of pyridine rings is 1. The molecule has 0 amide bonds. The number of hydrogen-bond acceptors (Lipinski definition) is 4. The largest absolute Gasteiger partial charge is 0.490 e. The van der Waals surface area contributed by atoms with E-state index in [1.54, 1.807) is 0 Å². The van der Waals surface area contributed by atoms with Crippen molar-refractivity contribution in [3.63, 3.8) is 0 Å². The third-order valence-corrected chi connectivity index (χ3v) is 4.08. The third kappa shape index (κ3) is 3.23. The van der Waals surface area contributed by atoms with Crippen LogP contribution in [0.15, 0.2) is 18.3 Å². The standard InChI is InChI=1S/C16H25N3O/c1-2-11-20-15-6-3-9-17-16(15)19-10-4-5-14(19)12-18-13-7-8-13/h3,6,9,13-14,18H,2,4-5,7-8,10-12H2,1H3. The molecule has 1 unspecified atom stereocenters. The zero-order valence-electron chi connectivity index (χ0n) is 12.3. The maximum absolute atomic E-state index is 5.86. The van der Waals surface area contributed by atoms with Crippen LogP contribution in [0, 0.1) is 0 Å². The second-order valence-electron chi connectivity index (χ2n) is 5.85. The number of aromatic nitrogens is 1. The molecule has 1 saturated heterocycles. The lowest BCUT2D eigenvalue weighted by molar-refractivity contribution is 0.316. The fourth-order valence-corrected chi connectivity index (χ4v) is 2.84. The molecule has 1 saturated carbocycles. The van der Waals surface area contributed by atoms with Gasteiger partial charge in [0.2, 0.25) is 0 Å². The van der Waals surface area contributed by atoms with Crippen LogP contribution in [0.4, 0.5) is 5.82 Å². The topological polar surface area (TPSA) is 37.4 Å². The lowest BCUT2D eigenvalue weighted by Crippen LogP contribution is -2.39. The molecule has 2 aliphatic rings. The van der Waals surface area contributed by atoms with Crippen molar-refractivity contribution in [1.82, 2.24) is 10.3 Å². The fourth-order valence-electron chi connectivity index (χ4n) is 2.84. The maximum atomic E-state index is 5.86. The van der Waals surface area contributed by atoms with E-state index in [1.165, 1.54) is 25.7 Å². The van der Waals surface area contributed by atoms with Crippen LogP contribution in [-0.2, 0) is 0 Å². The summed E-state index contributed by atoms with van der Waals surface area (Å²) in [5.74, 6) is 1.97. The van der Waals surface area contributed by atoms with Gasteiger partial charge in [-0.3, -0.25) is 0 Å². The van der Waals surface area contributed by atoms with E-state index in [4.69, 9.17) is 4.74 Å². The second-order valence-corrected chi connectivity index (χ2v) is 5.85. The zero-order valence-corrected chi connectivity index (χ0v) is 12.3. The summed E-state index contributed by atoms with van der Waals surface area (Å²) in [6, 6.07) is 5.34. The van der Waals surface area contributed by atoms with Gasteiger partial charge < -0.3 is 15.0 Å². The Labute approximate surface area is 121 Å². The van der Waals surface area contributed by atoms with E-state index in [2.05, 4.69) is 22.1 Å². The molecule has 20 heavy (non-hydrogen) atoms. The Morgan fingerprint density at radius 3 is 3.10 bits per heavy atom. The molecule has 1 aliphatic carbocycles. The minimum Gasteiger partial charge on any atom is -0.490 e. The van der Waals surface area contributed by atoms with Crippen molar-refractivity contribution in [2.75, 3.05) is 24.6 Å². The van der Waals surface area contributed by atoms with E-state index in [9.17, 15) is 0 Å². The lowest BCUT2D eigenvalue weighted by Gasteiger charge is -2.27. The van der Waals surface area contributed by atoms with Crippen molar-refractivity contribution in [3.05, 3.63) is 18.3 Å². The second kappa shape index (κ2) is 6.44. The highest BCUT2D eigenvalue weighted by molar-refractivity contribution is 5.53. The number of ether oxygens (including phenoxy) is 1. The van der Waals surface area contributed by atoms with E-state index < -0.39 is 0 Å². The van der Waals surface area contributed by atoms with E-state index >= 15 is 0 Å². The van der Waals surface area contributed by atoms with Crippen LogP contribution < -0.4 is 15.0 Å². The van der Waals surface area contributed by atoms with Gasteiger partial charge in [-0.2, -0.15) is 0 Å². The van der Waals surface area contributed by atoms with Crippen LogP contribution in [0.3, 0.4) is 0 Å². The summed E-state index contributed by atoms with van der Waals surface area (Å²) in [5, 5.41) is 3.65. The number of rotatable bonds is 7. The zero-order chi connectivity index (χ0) is 13.8. The van der Waals surface area contributed by atoms with Crippen molar-refractivity contribution in [1.29, 1.82) is 0 Å². The molecule has 1 aromatic heterocycles. The minimum absolute atomic E-state index is 0.564. The van der Waals surface area contributed by atoms with Crippen molar-refractivity contribution in [2.45, 2.75) is 51.1 Å². The first-order valence-electron chi connectivity index (χ1n) is 7.96. The highest BCUT2D eigenvalue weighted by Gasteiger charge is 2.29. The predicted molar refractivity (Wildman–Crippen MR) is 81.4 cm³/mol. The average Bonchev–Trinajstić information content (AvgIpc) is 3.20. The summed E-state index contributed by atoms with van der Waals surface area (Å²) in [6.07, 6.45) is 8.10. The molecule has 0 aromatic carbocycles. The average molecular weight is 275 g/mol. The van der Waals surface area contributed by atoms with Gasteiger partial charge >= 0.3 is 0 Å². The Morgan fingerprint density at radius 2 is 2.30 bits per heavy atom. The van der Waals surface area contributed by atoms with Crippen LogP contribution in [-0.4, -0.2) is 36.8 Å². The number of nitrogens with zero attached hydrogens (tertiary/aromatic N) is 2. The third-order valence-electron chi connectivity index (χ3n) is 4.08. The summed E-state index contributed by atoms with van der Waals surface area (Å²) in [7, 11) is 0. The van der Waals surface area contributed by atoms with Crippen LogP contribution >= 0.6 is 0 Å². The van der Waals surface area contributed by atoms with Crippen molar-refractivity contribution in [3.8, 4) is 5.75 Å². The molecule has 0 spiro atoms. The summed E-state index contributed by atoms with van der Waals surface area (Å²) in [5.41, 5.74) is 0. The van der Waals surface area contributed by atoms with Gasteiger partial charge in [-0.15, -0.1) is 0 Å². The number of nitrogens with one attached hydrogen (secondary N) is 1. The van der Waals surface area contributed by atoms with E-state index in [-0.39, 0.29) is 0 Å². The van der Waals surface area contributed by atoms with Crippen LogP contribution in [0.2, 0.25) is 0 Å². The molecule has 4 nitrogen and oxygen atoms in total. The monoisotopic (exact) mass is 275 g/mol. The summed E-state index contributed by atoms with van der Waals surface area (Å²) in [6.45, 7) is 5.07. The first kappa shape index (κ1) is 13.7. The molecule has 1 aliphatic heterocycles. The van der Waals surface area contributed by atoms with Gasteiger partial charge in [0.05, 0.1) is 6.61 Å². The van der Waals surface area contributed by atoms with E-state index in [1.807, 2.05) is 18.3 Å².